The summed E-state index contributed by atoms with van der Waals surface area (Å²) in [7, 11) is 0. The van der Waals surface area contributed by atoms with E-state index in [1.54, 1.807) is 6.07 Å². The number of hydrogen-bond donors (Lipinski definition) is 2. The summed E-state index contributed by atoms with van der Waals surface area (Å²) in [5, 5.41) is 12.4. The Morgan fingerprint density at radius 1 is 1.10 bits per heavy atom. The molecule has 1 aromatic rings. The Labute approximate surface area is 128 Å². The van der Waals surface area contributed by atoms with Crippen molar-refractivity contribution in [2.75, 3.05) is 0 Å². The first kappa shape index (κ1) is 13.6. The molecule has 4 saturated carbocycles. The highest BCUT2D eigenvalue weighted by molar-refractivity contribution is 5.30. The first-order valence-electron chi connectivity index (χ1n) is 8.75. The molecule has 4 aliphatic carbocycles. The molecule has 1 unspecified atom stereocenters. The van der Waals surface area contributed by atoms with E-state index >= 15 is 0 Å². The minimum absolute atomic E-state index is 0.450. The maximum Gasteiger partial charge on any atom is 0.124 e. The molecular weight excluding hydrogens is 258 g/mol. The minimum atomic E-state index is 0.450. The van der Waals surface area contributed by atoms with Gasteiger partial charge in [-0.3, -0.25) is 0 Å². The topological polar surface area (TPSA) is 36.8 Å². The van der Waals surface area contributed by atoms with Crippen LogP contribution in [0.15, 0.2) is 24.3 Å². The van der Waals surface area contributed by atoms with E-state index in [9.17, 15) is 5.11 Å². The van der Waals surface area contributed by atoms with Crippen molar-refractivity contribution in [3.8, 4) is 5.75 Å². The van der Waals surface area contributed by atoms with Gasteiger partial charge < -0.3 is 10.4 Å². The molecule has 21 heavy (non-hydrogen) atoms. The minimum Gasteiger partial charge on any atom is -0.507 e. The normalized spacial score (nSPS) is 38.6. The third kappa shape index (κ3) is 2.38. The summed E-state index contributed by atoms with van der Waals surface area (Å²) in [6, 6.07) is 8.47. The third-order valence-electron chi connectivity index (χ3n) is 6.73. The molecule has 5 rings (SSSR count). The molecule has 1 aromatic carbocycles. The predicted molar refractivity (Wildman–Crippen MR) is 83.8 cm³/mol. The van der Waals surface area contributed by atoms with E-state index in [-0.39, 0.29) is 0 Å². The summed E-state index contributed by atoms with van der Waals surface area (Å²) >= 11 is 0. The van der Waals surface area contributed by atoms with Gasteiger partial charge in [-0.05, 0) is 75.3 Å². The molecule has 114 valence electrons. The van der Waals surface area contributed by atoms with Crippen molar-refractivity contribution in [2.24, 2.45) is 23.2 Å². The van der Waals surface area contributed by atoms with Crippen LogP contribution in [-0.2, 0) is 6.54 Å². The highest BCUT2D eigenvalue weighted by atomic mass is 16.3. The lowest BCUT2D eigenvalue weighted by Gasteiger charge is -2.57. The number of nitrogens with two attached hydrogens (primary N) is 1. The summed E-state index contributed by atoms with van der Waals surface area (Å²) in [6.07, 6.45) is 8.97. The van der Waals surface area contributed by atoms with Crippen LogP contribution >= 0.6 is 0 Å². The van der Waals surface area contributed by atoms with Gasteiger partial charge in [0.15, 0.2) is 0 Å². The fourth-order valence-corrected chi connectivity index (χ4v) is 5.97. The van der Waals surface area contributed by atoms with Crippen molar-refractivity contribution in [1.29, 1.82) is 0 Å². The second-order valence-corrected chi connectivity index (χ2v) is 8.14. The SMILES string of the molecule is CC([NH2+]Cc1ccccc1O)C12CC3CC(CC(C3)C1)C2. The highest BCUT2D eigenvalue weighted by Gasteiger charge is 2.54. The van der Waals surface area contributed by atoms with Gasteiger partial charge in [-0.2, -0.15) is 0 Å². The monoisotopic (exact) mass is 286 g/mol. The maximum absolute atomic E-state index is 9.94. The Morgan fingerprint density at radius 2 is 1.67 bits per heavy atom. The fraction of sp³-hybridized carbons (Fsp3) is 0.684. The van der Waals surface area contributed by atoms with Crippen LogP contribution in [0, 0.1) is 23.2 Å². The lowest BCUT2D eigenvalue weighted by molar-refractivity contribution is -0.717. The van der Waals surface area contributed by atoms with Crippen LogP contribution in [0.5, 0.6) is 5.75 Å². The van der Waals surface area contributed by atoms with Crippen LogP contribution in [0.4, 0.5) is 0 Å². The molecule has 0 saturated heterocycles. The summed E-state index contributed by atoms with van der Waals surface area (Å²) in [6.45, 7) is 3.35. The lowest BCUT2D eigenvalue weighted by atomic mass is 9.48. The number of rotatable bonds is 4. The molecular formula is C19H28NO+. The van der Waals surface area contributed by atoms with Gasteiger partial charge in [-0.25, -0.2) is 0 Å². The van der Waals surface area contributed by atoms with E-state index in [0.717, 1.165) is 29.9 Å². The van der Waals surface area contributed by atoms with E-state index in [2.05, 4.69) is 18.3 Å². The Hall–Kier alpha value is -1.02. The smallest absolute Gasteiger partial charge is 0.124 e. The average molecular weight is 286 g/mol. The Kier molecular flexibility index (Phi) is 3.25. The van der Waals surface area contributed by atoms with Gasteiger partial charge in [0.1, 0.15) is 12.3 Å². The first-order chi connectivity index (χ1) is 10.1. The largest absolute Gasteiger partial charge is 0.507 e. The number of phenolic OH excluding ortho intramolecular Hbond substituents is 1. The predicted octanol–water partition coefficient (Wildman–Crippen LogP) is 3.06. The fourth-order valence-electron chi connectivity index (χ4n) is 5.97. The first-order valence-corrected chi connectivity index (χ1v) is 8.75. The van der Waals surface area contributed by atoms with Crippen LogP contribution in [-0.4, -0.2) is 11.1 Å². The number of quaternary nitrogens is 1. The van der Waals surface area contributed by atoms with Crippen molar-refractivity contribution in [3.05, 3.63) is 29.8 Å². The van der Waals surface area contributed by atoms with Crippen molar-refractivity contribution >= 4 is 0 Å². The number of aromatic hydroxyl groups is 1. The van der Waals surface area contributed by atoms with E-state index in [0.29, 0.717) is 17.2 Å². The van der Waals surface area contributed by atoms with Gasteiger partial charge in [0.25, 0.3) is 0 Å². The van der Waals surface area contributed by atoms with Crippen LogP contribution in [0.3, 0.4) is 0 Å². The molecule has 0 spiro atoms. The van der Waals surface area contributed by atoms with Crippen LogP contribution in [0.25, 0.3) is 0 Å². The van der Waals surface area contributed by atoms with E-state index in [1.165, 1.54) is 38.5 Å². The summed E-state index contributed by atoms with van der Waals surface area (Å²) in [4.78, 5) is 0. The summed E-state index contributed by atoms with van der Waals surface area (Å²) in [5.74, 6) is 3.53. The molecule has 2 nitrogen and oxygen atoms in total. The molecule has 0 aromatic heterocycles. The Balaban J connectivity index is 1.45. The molecule has 3 N–H and O–H groups in total. The molecule has 0 aliphatic heterocycles. The van der Waals surface area contributed by atoms with Gasteiger partial charge in [0.05, 0.1) is 6.04 Å². The van der Waals surface area contributed by atoms with Gasteiger partial charge in [0.2, 0.25) is 0 Å². The molecule has 4 bridgehead atoms. The molecule has 4 fully saturated rings. The van der Waals surface area contributed by atoms with Gasteiger partial charge in [-0.1, -0.05) is 12.1 Å². The number of para-hydroxylation sites is 1. The number of benzene rings is 1. The molecule has 0 amide bonds. The van der Waals surface area contributed by atoms with Gasteiger partial charge in [-0.15, -0.1) is 0 Å². The zero-order valence-electron chi connectivity index (χ0n) is 13.1. The molecule has 0 heterocycles. The van der Waals surface area contributed by atoms with Crippen LogP contribution in [0.2, 0.25) is 0 Å². The lowest BCUT2D eigenvalue weighted by Crippen LogP contribution is -2.91. The van der Waals surface area contributed by atoms with Crippen molar-refractivity contribution in [3.63, 3.8) is 0 Å². The third-order valence-corrected chi connectivity index (χ3v) is 6.73. The van der Waals surface area contributed by atoms with E-state index in [4.69, 9.17) is 0 Å². The standard InChI is InChI=1S/C19H27NO/c1-13(20-12-17-4-2-3-5-18(17)21)19-9-14-6-15(10-19)8-16(7-14)11-19/h2-5,13-16,20-21H,6-12H2,1H3/p+1. The summed E-state index contributed by atoms with van der Waals surface area (Å²) in [5.41, 5.74) is 1.67. The van der Waals surface area contributed by atoms with Crippen LogP contribution < -0.4 is 5.32 Å². The van der Waals surface area contributed by atoms with Crippen molar-refractivity contribution in [2.45, 2.75) is 58.0 Å². The average Bonchev–Trinajstić information content (AvgIpc) is 2.44. The summed E-state index contributed by atoms with van der Waals surface area (Å²) < 4.78 is 0. The van der Waals surface area contributed by atoms with Gasteiger partial charge >= 0.3 is 0 Å². The van der Waals surface area contributed by atoms with E-state index < -0.39 is 0 Å². The Morgan fingerprint density at radius 3 is 2.24 bits per heavy atom. The molecule has 2 heteroatoms. The number of hydrogen-bond acceptors (Lipinski definition) is 1. The maximum atomic E-state index is 9.94. The molecule has 4 aliphatic rings. The number of phenols is 1. The van der Waals surface area contributed by atoms with E-state index in [1.807, 2.05) is 12.1 Å². The highest BCUT2D eigenvalue weighted by Crippen LogP contribution is 2.60. The van der Waals surface area contributed by atoms with Crippen molar-refractivity contribution in [1.82, 2.24) is 0 Å². The van der Waals surface area contributed by atoms with Crippen LogP contribution in [0.1, 0.15) is 51.0 Å². The second-order valence-electron chi connectivity index (χ2n) is 8.14. The molecule has 0 radical (unpaired) electrons. The Bertz CT molecular complexity index is 489. The molecule has 1 atom stereocenters. The van der Waals surface area contributed by atoms with Gasteiger partial charge in [0, 0.05) is 11.0 Å². The second kappa shape index (κ2) is 5.01. The van der Waals surface area contributed by atoms with Crippen molar-refractivity contribution < 1.29 is 10.4 Å². The quantitative estimate of drug-likeness (QED) is 0.877. The zero-order chi connectivity index (χ0) is 14.4. The zero-order valence-corrected chi connectivity index (χ0v) is 13.1.